The number of piperidine rings is 1. The molecule has 7 heteroatoms. The van der Waals surface area contributed by atoms with Gasteiger partial charge in [-0.3, -0.25) is 4.79 Å². The van der Waals surface area contributed by atoms with Crippen LogP contribution in [0.4, 0.5) is 10.1 Å². The zero-order valence-electron chi connectivity index (χ0n) is 11.2. The Labute approximate surface area is 117 Å². The zero-order chi connectivity index (χ0) is 14.8. The standard InChI is InChI=1S/C13H17FN2O3S/c1-20(18,19)16-8-2-3-10(9-16)13(17)15-12-6-4-11(14)5-7-12/h4-7,10H,2-3,8-9H2,1H3,(H,15,17)/t10-/m1/s1. The highest BCUT2D eigenvalue weighted by Crippen LogP contribution is 2.20. The van der Waals surface area contributed by atoms with Crippen molar-refractivity contribution in [1.82, 2.24) is 4.31 Å². The van der Waals surface area contributed by atoms with Gasteiger partial charge in [0.1, 0.15) is 5.82 Å². The topological polar surface area (TPSA) is 66.5 Å². The van der Waals surface area contributed by atoms with Crippen molar-refractivity contribution >= 4 is 21.6 Å². The van der Waals surface area contributed by atoms with E-state index in [1.54, 1.807) is 0 Å². The molecule has 1 aliphatic rings. The number of carbonyl (C=O) groups excluding carboxylic acids is 1. The summed E-state index contributed by atoms with van der Waals surface area (Å²) >= 11 is 0. The second-order valence-corrected chi connectivity index (χ2v) is 6.94. The van der Waals surface area contributed by atoms with Crippen molar-refractivity contribution in [1.29, 1.82) is 0 Å². The fourth-order valence-electron chi connectivity index (χ4n) is 2.24. The Morgan fingerprint density at radius 3 is 2.60 bits per heavy atom. The SMILES string of the molecule is CS(=O)(=O)N1CCC[C@@H](C(=O)Nc2ccc(F)cc2)C1. The van der Waals surface area contributed by atoms with Crippen LogP contribution in [-0.4, -0.2) is 38.0 Å². The average molecular weight is 300 g/mol. The summed E-state index contributed by atoms with van der Waals surface area (Å²) in [6.45, 7) is 0.658. The summed E-state index contributed by atoms with van der Waals surface area (Å²) in [4.78, 5) is 12.1. The molecule has 1 atom stereocenters. The van der Waals surface area contributed by atoms with Crippen molar-refractivity contribution in [2.45, 2.75) is 12.8 Å². The Balaban J connectivity index is 2.00. The van der Waals surface area contributed by atoms with Gasteiger partial charge >= 0.3 is 0 Å². The molecule has 1 aromatic rings. The Morgan fingerprint density at radius 1 is 1.35 bits per heavy atom. The fraction of sp³-hybridized carbons (Fsp3) is 0.462. The van der Waals surface area contributed by atoms with E-state index in [1.165, 1.54) is 28.6 Å². The van der Waals surface area contributed by atoms with Crippen LogP contribution in [0.2, 0.25) is 0 Å². The first kappa shape index (κ1) is 14.9. The molecule has 0 radical (unpaired) electrons. The predicted octanol–water partition coefficient (Wildman–Crippen LogP) is 1.44. The molecule has 0 unspecified atom stereocenters. The quantitative estimate of drug-likeness (QED) is 0.918. The summed E-state index contributed by atoms with van der Waals surface area (Å²) in [5.41, 5.74) is 0.507. The first-order valence-corrected chi connectivity index (χ1v) is 8.22. The van der Waals surface area contributed by atoms with Crippen LogP contribution in [0.5, 0.6) is 0 Å². The molecule has 0 bridgehead atoms. The summed E-state index contributed by atoms with van der Waals surface area (Å²) in [7, 11) is -3.27. The monoisotopic (exact) mass is 300 g/mol. The molecule has 1 aliphatic heterocycles. The minimum Gasteiger partial charge on any atom is -0.326 e. The lowest BCUT2D eigenvalue weighted by Gasteiger charge is -2.30. The van der Waals surface area contributed by atoms with Gasteiger partial charge in [0, 0.05) is 18.8 Å². The number of anilines is 1. The lowest BCUT2D eigenvalue weighted by atomic mass is 9.99. The van der Waals surface area contributed by atoms with E-state index in [1.807, 2.05) is 0 Å². The highest BCUT2D eigenvalue weighted by molar-refractivity contribution is 7.88. The number of halogens is 1. The molecular formula is C13H17FN2O3S. The van der Waals surface area contributed by atoms with Crippen LogP contribution in [0.1, 0.15) is 12.8 Å². The maximum Gasteiger partial charge on any atom is 0.228 e. The summed E-state index contributed by atoms with van der Waals surface area (Å²) in [6.07, 6.45) is 2.46. The third-order valence-electron chi connectivity index (χ3n) is 3.34. The Morgan fingerprint density at radius 2 is 2.00 bits per heavy atom. The molecule has 1 aromatic carbocycles. The molecule has 110 valence electrons. The number of hydrogen-bond donors (Lipinski definition) is 1. The summed E-state index contributed by atoms with van der Waals surface area (Å²) in [5.74, 6) is -0.975. The summed E-state index contributed by atoms with van der Waals surface area (Å²) in [5, 5.41) is 2.68. The molecule has 5 nitrogen and oxygen atoms in total. The van der Waals surface area contributed by atoms with E-state index < -0.39 is 10.0 Å². The Bertz CT molecular complexity index is 586. The third-order valence-corrected chi connectivity index (χ3v) is 4.61. The van der Waals surface area contributed by atoms with Gasteiger partial charge in [0.2, 0.25) is 15.9 Å². The van der Waals surface area contributed by atoms with E-state index in [-0.39, 0.29) is 24.2 Å². The maximum absolute atomic E-state index is 12.8. The molecule has 1 heterocycles. The number of rotatable bonds is 3. The molecule has 20 heavy (non-hydrogen) atoms. The number of amides is 1. The van der Waals surface area contributed by atoms with Crippen LogP contribution < -0.4 is 5.32 Å². The largest absolute Gasteiger partial charge is 0.326 e. The van der Waals surface area contributed by atoms with Gasteiger partial charge in [-0.15, -0.1) is 0 Å². The normalized spacial score (nSPS) is 20.6. The van der Waals surface area contributed by atoms with E-state index in [4.69, 9.17) is 0 Å². The van der Waals surface area contributed by atoms with Crippen LogP contribution >= 0.6 is 0 Å². The molecular weight excluding hydrogens is 283 g/mol. The number of nitrogens with zero attached hydrogens (tertiary/aromatic N) is 1. The Kier molecular flexibility index (Phi) is 4.39. The Hall–Kier alpha value is -1.47. The smallest absolute Gasteiger partial charge is 0.228 e. The van der Waals surface area contributed by atoms with E-state index in [0.717, 1.165) is 6.26 Å². The number of carbonyl (C=O) groups is 1. The highest BCUT2D eigenvalue weighted by atomic mass is 32.2. The van der Waals surface area contributed by atoms with Crippen molar-refractivity contribution < 1.29 is 17.6 Å². The summed E-state index contributed by atoms with van der Waals surface area (Å²) < 4.78 is 37.1. The molecule has 1 fully saturated rings. The second-order valence-electron chi connectivity index (χ2n) is 4.96. The van der Waals surface area contributed by atoms with E-state index in [9.17, 15) is 17.6 Å². The van der Waals surface area contributed by atoms with Gasteiger partial charge in [-0.1, -0.05) is 0 Å². The summed E-state index contributed by atoms with van der Waals surface area (Å²) in [6, 6.07) is 5.48. The van der Waals surface area contributed by atoms with E-state index in [2.05, 4.69) is 5.32 Å². The number of sulfonamides is 1. The molecule has 1 amide bonds. The van der Waals surface area contributed by atoms with E-state index in [0.29, 0.717) is 25.1 Å². The number of benzene rings is 1. The highest BCUT2D eigenvalue weighted by Gasteiger charge is 2.30. The molecule has 1 N–H and O–H groups in total. The molecule has 0 spiro atoms. The first-order chi connectivity index (χ1) is 9.36. The predicted molar refractivity (Wildman–Crippen MR) is 74.2 cm³/mol. The number of hydrogen-bond acceptors (Lipinski definition) is 3. The van der Waals surface area contributed by atoms with Gasteiger partial charge in [-0.2, -0.15) is 0 Å². The molecule has 0 aliphatic carbocycles. The maximum atomic E-state index is 12.8. The van der Waals surface area contributed by atoms with Crippen molar-refractivity contribution in [3.63, 3.8) is 0 Å². The average Bonchev–Trinajstić information content (AvgIpc) is 2.40. The van der Waals surface area contributed by atoms with Gasteiger partial charge in [0.15, 0.2) is 0 Å². The van der Waals surface area contributed by atoms with Gasteiger partial charge in [0.25, 0.3) is 0 Å². The van der Waals surface area contributed by atoms with Gasteiger partial charge in [0.05, 0.1) is 12.2 Å². The second kappa shape index (κ2) is 5.88. The van der Waals surface area contributed by atoms with Crippen molar-refractivity contribution in [3.8, 4) is 0 Å². The lowest BCUT2D eigenvalue weighted by molar-refractivity contribution is -0.120. The fourth-order valence-corrected chi connectivity index (χ4v) is 3.15. The lowest BCUT2D eigenvalue weighted by Crippen LogP contribution is -2.43. The van der Waals surface area contributed by atoms with Gasteiger partial charge in [-0.05, 0) is 37.1 Å². The van der Waals surface area contributed by atoms with Gasteiger partial charge in [-0.25, -0.2) is 17.1 Å². The van der Waals surface area contributed by atoms with Crippen LogP contribution in [0.3, 0.4) is 0 Å². The van der Waals surface area contributed by atoms with Crippen LogP contribution in [0, 0.1) is 11.7 Å². The van der Waals surface area contributed by atoms with Crippen molar-refractivity contribution in [3.05, 3.63) is 30.1 Å². The minimum atomic E-state index is -3.27. The molecule has 1 saturated heterocycles. The zero-order valence-corrected chi connectivity index (χ0v) is 12.0. The first-order valence-electron chi connectivity index (χ1n) is 6.38. The van der Waals surface area contributed by atoms with Crippen molar-refractivity contribution in [2.75, 3.05) is 24.7 Å². The van der Waals surface area contributed by atoms with Crippen LogP contribution in [-0.2, 0) is 14.8 Å². The molecule has 0 aromatic heterocycles. The van der Waals surface area contributed by atoms with Gasteiger partial charge < -0.3 is 5.32 Å². The molecule has 2 rings (SSSR count). The number of nitrogens with one attached hydrogen (secondary N) is 1. The third kappa shape index (κ3) is 3.77. The van der Waals surface area contributed by atoms with E-state index >= 15 is 0 Å². The van der Waals surface area contributed by atoms with Crippen molar-refractivity contribution in [2.24, 2.45) is 5.92 Å². The van der Waals surface area contributed by atoms with Crippen LogP contribution in [0.15, 0.2) is 24.3 Å². The van der Waals surface area contributed by atoms with Crippen LogP contribution in [0.25, 0.3) is 0 Å². The minimum absolute atomic E-state index is 0.200. The molecule has 0 saturated carbocycles.